The minimum absolute atomic E-state index is 0.500. The highest BCUT2D eigenvalue weighted by Crippen LogP contribution is 2.37. The van der Waals surface area contributed by atoms with E-state index in [1.807, 2.05) is 12.2 Å². The van der Waals surface area contributed by atoms with E-state index in [0.717, 1.165) is 42.6 Å². The van der Waals surface area contributed by atoms with Gasteiger partial charge in [0.1, 0.15) is 5.75 Å². The summed E-state index contributed by atoms with van der Waals surface area (Å²) >= 11 is 0. The molecule has 1 heterocycles. The molecule has 3 aromatic rings. The number of ether oxygens (including phenoxy) is 1. The molecule has 0 aliphatic rings. The molecule has 3 nitrogen and oxygen atoms in total. The molecule has 0 aliphatic heterocycles. The van der Waals surface area contributed by atoms with Crippen LogP contribution in [0.2, 0.25) is 0 Å². The number of H-pyrrole nitrogens is 1. The van der Waals surface area contributed by atoms with Crippen molar-refractivity contribution in [2.24, 2.45) is 0 Å². The zero-order valence-corrected chi connectivity index (χ0v) is 16.5. The maximum absolute atomic E-state index is 6.30. The molecular formula is C24H30N2O. The number of benzene rings is 2. The first kappa shape index (κ1) is 19.2. The lowest BCUT2D eigenvalue weighted by atomic mass is 9.98. The highest BCUT2D eigenvalue weighted by Gasteiger charge is 2.17. The van der Waals surface area contributed by atoms with Gasteiger partial charge in [0.25, 0.3) is 0 Å². The lowest BCUT2D eigenvalue weighted by Gasteiger charge is -2.17. The minimum atomic E-state index is 0.500. The lowest BCUT2D eigenvalue weighted by Crippen LogP contribution is -2.24. The van der Waals surface area contributed by atoms with Crippen molar-refractivity contribution in [1.82, 2.24) is 10.3 Å². The van der Waals surface area contributed by atoms with Crippen LogP contribution in [-0.4, -0.2) is 24.2 Å². The van der Waals surface area contributed by atoms with E-state index in [2.05, 4.69) is 67.6 Å². The number of nitrogens with one attached hydrogen (secondary N) is 2. The Morgan fingerprint density at radius 2 is 1.89 bits per heavy atom. The molecule has 0 radical (unpaired) electrons. The van der Waals surface area contributed by atoms with E-state index in [9.17, 15) is 0 Å². The summed E-state index contributed by atoms with van der Waals surface area (Å²) in [6.07, 6.45) is 6.43. The maximum Gasteiger partial charge on any atom is 0.128 e. The molecule has 1 aromatic heterocycles. The van der Waals surface area contributed by atoms with Crippen LogP contribution in [0.4, 0.5) is 0 Å². The fourth-order valence-corrected chi connectivity index (χ4v) is 3.56. The molecule has 0 saturated heterocycles. The molecule has 142 valence electrons. The van der Waals surface area contributed by atoms with E-state index < -0.39 is 0 Å². The lowest BCUT2D eigenvalue weighted by molar-refractivity contribution is 0.302. The Balaban J connectivity index is 2.02. The van der Waals surface area contributed by atoms with E-state index in [0.29, 0.717) is 12.6 Å². The minimum Gasteiger partial charge on any atom is -0.493 e. The van der Waals surface area contributed by atoms with Crippen molar-refractivity contribution in [3.63, 3.8) is 0 Å². The van der Waals surface area contributed by atoms with Crippen LogP contribution < -0.4 is 10.1 Å². The van der Waals surface area contributed by atoms with E-state index in [4.69, 9.17) is 4.74 Å². The zero-order valence-electron chi connectivity index (χ0n) is 16.5. The Labute approximate surface area is 162 Å². The number of aromatic amines is 1. The van der Waals surface area contributed by atoms with Crippen molar-refractivity contribution in [2.75, 3.05) is 13.2 Å². The highest BCUT2D eigenvalue weighted by atomic mass is 16.5. The maximum atomic E-state index is 6.30. The van der Waals surface area contributed by atoms with Gasteiger partial charge in [-0.2, -0.15) is 0 Å². The van der Waals surface area contributed by atoms with Gasteiger partial charge in [0, 0.05) is 27.9 Å². The van der Waals surface area contributed by atoms with Gasteiger partial charge in [-0.25, -0.2) is 0 Å². The second-order valence-corrected chi connectivity index (χ2v) is 7.23. The van der Waals surface area contributed by atoms with Gasteiger partial charge in [-0.1, -0.05) is 44.2 Å². The summed E-state index contributed by atoms with van der Waals surface area (Å²) in [5.41, 5.74) is 4.68. The molecule has 0 saturated carbocycles. The number of allylic oxidation sites excluding steroid dienone is 2. The van der Waals surface area contributed by atoms with Gasteiger partial charge in [-0.3, -0.25) is 0 Å². The van der Waals surface area contributed by atoms with Crippen LogP contribution in [0.15, 0.2) is 55.6 Å². The molecule has 0 spiro atoms. The van der Waals surface area contributed by atoms with Crippen LogP contribution >= 0.6 is 0 Å². The standard InChI is InChI=1S/C24H30N2O/c1-5-10-18-16-21-19-12-7-8-13-22(19)26-23(21)20(11-6-2)24(18)27-15-9-14-25-17(3)4/h5-8,12-13,16-17,25-26H,1-2,9-11,14-15H2,3-4H3. The largest absolute Gasteiger partial charge is 0.493 e. The second-order valence-electron chi connectivity index (χ2n) is 7.23. The highest BCUT2D eigenvalue weighted by molar-refractivity contribution is 6.09. The van der Waals surface area contributed by atoms with Gasteiger partial charge in [0.15, 0.2) is 0 Å². The monoisotopic (exact) mass is 362 g/mol. The summed E-state index contributed by atoms with van der Waals surface area (Å²) in [7, 11) is 0. The van der Waals surface area contributed by atoms with Crippen LogP contribution in [0.1, 0.15) is 31.4 Å². The van der Waals surface area contributed by atoms with E-state index in [-0.39, 0.29) is 0 Å². The second kappa shape index (κ2) is 8.92. The molecule has 0 fully saturated rings. The third-order valence-corrected chi connectivity index (χ3v) is 4.77. The summed E-state index contributed by atoms with van der Waals surface area (Å²) in [6, 6.07) is 11.2. The van der Waals surface area contributed by atoms with Gasteiger partial charge in [0.05, 0.1) is 12.1 Å². The van der Waals surface area contributed by atoms with Crippen molar-refractivity contribution in [1.29, 1.82) is 0 Å². The van der Waals surface area contributed by atoms with Crippen molar-refractivity contribution >= 4 is 21.8 Å². The molecule has 2 N–H and O–H groups in total. The first-order valence-electron chi connectivity index (χ1n) is 9.78. The average Bonchev–Trinajstić information content (AvgIpc) is 3.02. The first-order chi connectivity index (χ1) is 13.2. The molecule has 0 amide bonds. The van der Waals surface area contributed by atoms with Gasteiger partial charge < -0.3 is 15.0 Å². The van der Waals surface area contributed by atoms with Crippen LogP contribution in [-0.2, 0) is 12.8 Å². The first-order valence-corrected chi connectivity index (χ1v) is 9.78. The summed E-state index contributed by atoms with van der Waals surface area (Å²) in [4.78, 5) is 3.59. The van der Waals surface area contributed by atoms with Crippen LogP contribution in [0.3, 0.4) is 0 Å². The van der Waals surface area contributed by atoms with Gasteiger partial charge in [0.2, 0.25) is 0 Å². The molecule has 27 heavy (non-hydrogen) atoms. The van der Waals surface area contributed by atoms with Crippen LogP contribution in [0, 0.1) is 0 Å². The molecule has 3 heteroatoms. The molecule has 0 atom stereocenters. The summed E-state index contributed by atoms with van der Waals surface area (Å²) in [5, 5.41) is 5.93. The topological polar surface area (TPSA) is 37.0 Å². The van der Waals surface area contributed by atoms with Gasteiger partial charge >= 0.3 is 0 Å². The average molecular weight is 363 g/mol. The van der Waals surface area contributed by atoms with E-state index >= 15 is 0 Å². The third-order valence-electron chi connectivity index (χ3n) is 4.77. The van der Waals surface area contributed by atoms with E-state index in [1.165, 1.54) is 21.9 Å². The zero-order chi connectivity index (χ0) is 19.2. The number of hydrogen-bond acceptors (Lipinski definition) is 2. The van der Waals surface area contributed by atoms with Crippen molar-refractivity contribution in [3.8, 4) is 5.75 Å². The molecule has 0 bridgehead atoms. The quantitative estimate of drug-likeness (QED) is 0.367. The van der Waals surface area contributed by atoms with Crippen LogP contribution in [0.25, 0.3) is 21.8 Å². The Kier molecular flexibility index (Phi) is 6.36. The Bertz CT molecular complexity index is 936. The summed E-state index contributed by atoms with van der Waals surface area (Å²) < 4.78 is 6.30. The predicted molar refractivity (Wildman–Crippen MR) is 117 cm³/mol. The molecule has 3 rings (SSSR count). The molecule has 2 aromatic carbocycles. The Morgan fingerprint density at radius 1 is 1.11 bits per heavy atom. The summed E-state index contributed by atoms with van der Waals surface area (Å²) in [6.45, 7) is 13.9. The predicted octanol–water partition coefficient (Wildman–Crippen LogP) is 5.55. The number of hydrogen-bond donors (Lipinski definition) is 2. The molecule has 0 unspecified atom stereocenters. The van der Waals surface area contributed by atoms with Gasteiger partial charge in [-0.15, -0.1) is 13.2 Å². The Hall–Kier alpha value is -2.52. The van der Waals surface area contributed by atoms with Crippen LogP contribution in [0.5, 0.6) is 5.75 Å². The molecule has 0 aliphatic carbocycles. The fourth-order valence-electron chi connectivity index (χ4n) is 3.56. The van der Waals surface area contributed by atoms with Gasteiger partial charge in [-0.05, 0) is 43.5 Å². The van der Waals surface area contributed by atoms with E-state index in [1.54, 1.807) is 0 Å². The third kappa shape index (κ3) is 4.25. The molecular weight excluding hydrogens is 332 g/mol. The number of rotatable bonds is 10. The normalized spacial score (nSPS) is 11.4. The number of fused-ring (bicyclic) bond motifs is 3. The van der Waals surface area contributed by atoms with Crippen molar-refractivity contribution in [3.05, 3.63) is 66.8 Å². The summed E-state index contributed by atoms with van der Waals surface area (Å²) in [5.74, 6) is 0.985. The smallest absolute Gasteiger partial charge is 0.128 e. The van der Waals surface area contributed by atoms with Crippen molar-refractivity contribution < 1.29 is 4.74 Å². The number of para-hydroxylation sites is 1. The number of aromatic nitrogens is 1. The SMILES string of the molecule is C=CCc1cc2c([nH]c3ccccc32)c(CC=C)c1OCCCNC(C)C. The fraction of sp³-hybridized carbons (Fsp3) is 0.333. The Morgan fingerprint density at radius 3 is 2.63 bits per heavy atom. The van der Waals surface area contributed by atoms with Crippen molar-refractivity contribution in [2.45, 2.75) is 39.2 Å².